The van der Waals surface area contributed by atoms with E-state index < -0.39 is 29.4 Å². The van der Waals surface area contributed by atoms with E-state index in [9.17, 15) is 23.1 Å². The summed E-state index contributed by atoms with van der Waals surface area (Å²) < 4.78 is 42.5. The summed E-state index contributed by atoms with van der Waals surface area (Å²) in [4.78, 5) is 15.0. The van der Waals surface area contributed by atoms with Crippen LogP contribution in [0.5, 0.6) is 0 Å². The number of carbonyl (C=O) groups excluding carboxylic acids is 1. The smallest absolute Gasteiger partial charge is 0.389 e. The summed E-state index contributed by atoms with van der Waals surface area (Å²) in [6.45, 7) is -0.255. The number of methoxy groups -OCH3 is 1. The number of alkyl halides is 3. The molecular formula is C11H13F3N2O3. The zero-order chi connectivity index (χ0) is 14.5. The lowest BCUT2D eigenvalue weighted by molar-refractivity contribution is -0.138. The summed E-state index contributed by atoms with van der Waals surface area (Å²) in [6, 6.07) is 1.87. The van der Waals surface area contributed by atoms with Crippen LogP contribution in [-0.2, 0) is 10.9 Å². The van der Waals surface area contributed by atoms with Gasteiger partial charge in [-0.3, -0.25) is 9.78 Å². The Kier molecular flexibility index (Phi) is 5.25. The Hall–Kier alpha value is -1.67. The second kappa shape index (κ2) is 6.48. The molecule has 0 aliphatic heterocycles. The quantitative estimate of drug-likeness (QED) is 0.837. The lowest BCUT2D eigenvalue weighted by Gasteiger charge is -2.13. The Morgan fingerprint density at radius 2 is 2.26 bits per heavy atom. The average Bonchev–Trinajstić information content (AvgIpc) is 2.35. The highest BCUT2D eigenvalue weighted by Crippen LogP contribution is 2.30. The number of ether oxygens (including phenoxy) is 1. The molecule has 1 aromatic rings. The molecule has 0 aliphatic rings. The number of hydrogen-bond acceptors (Lipinski definition) is 4. The zero-order valence-electron chi connectivity index (χ0n) is 10.1. The fourth-order valence-electron chi connectivity index (χ4n) is 1.36. The highest BCUT2D eigenvalue weighted by molar-refractivity contribution is 5.93. The van der Waals surface area contributed by atoms with Crippen LogP contribution in [0.4, 0.5) is 13.2 Å². The number of carbonyl (C=O) groups is 1. The van der Waals surface area contributed by atoms with Crippen molar-refractivity contribution in [3.63, 3.8) is 0 Å². The Morgan fingerprint density at radius 1 is 1.58 bits per heavy atom. The van der Waals surface area contributed by atoms with Crippen LogP contribution in [0.2, 0.25) is 0 Å². The fraction of sp³-hybridized carbons (Fsp3) is 0.455. The Balaban J connectivity index is 2.78. The van der Waals surface area contributed by atoms with E-state index in [2.05, 4.69) is 15.0 Å². The molecule has 1 amide bonds. The third-order valence-corrected chi connectivity index (χ3v) is 2.19. The second-order valence-corrected chi connectivity index (χ2v) is 3.72. The summed E-state index contributed by atoms with van der Waals surface area (Å²) in [7, 11) is 1.35. The van der Waals surface area contributed by atoms with Crippen molar-refractivity contribution in [2.75, 3.05) is 20.3 Å². The van der Waals surface area contributed by atoms with Gasteiger partial charge >= 0.3 is 6.18 Å². The molecule has 0 aliphatic carbocycles. The highest BCUT2D eigenvalue weighted by Gasteiger charge is 2.35. The SMILES string of the molecule is COCC(O)CNC(=O)c1ncccc1C(F)(F)F. The maximum atomic E-state index is 12.6. The van der Waals surface area contributed by atoms with Crippen LogP contribution in [0.15, 0.2) is 18.3 Å². The number of aliphatic hydroxyl groups excluding tert-OH is 1. The van der Waals surface area contributed by atoms with Gasteiger partial charge in [-0.05, 0) is 12.1 Å². The molecule has 0 saturated carbocycles. The minimum atomic E-state index is -4.66. The van der Waals surface area contributed by atoms with Gasteiger partial charge in [-0.2, -0.15) is 13.2 Å². The molecule has 1 atom stereocenters. The summed E-state index contributed by atoms with van der Waals surface area (Å²) in [5.41, 5.74) is -1.84. The Morgan fingerprint density at radius 3 is 2.84 bits per heavy atom. The van der Waals surface area contributed by atoms with E-state index in [1.807, 2.05) is 0 Å². The molecule has 0 fully saturated rings. The molecular weight excluding hydrogens is 265 g/mol. The molecule has 0 spiro atoms. The van der Waals surface area contributed by atoms with Gasteiger partial charge in [0, 0.05) is 19.9 Å². The number of nitrogens with one attached hydrogen (secondary N) is 1. The molecule has 1 rings (SSSR count). The summed E-state index contributed by atoms with van der Waals surface area (Å²) >= 11 is 0. The molecule has 19 heavy (non-hydrogen) atoms. The normalized spacial score (nSPS) is 13.1. The number of aliphatic hydroxyl groups is 1. The van der Waals surface area contributed by atoms with E-state index >= 15 is 0 Å². The Bertz CT molecular complexity index is 437. The first-order valence-electron chi connectivity index (χ1n) is 5.33. The van der Waals surface area contributed by atoms with Crippen LogP contribution in [0, 0.1) is 0 Å². The van der Waals surface area contributed by atoms with E-state index in [1.165, 1.54) is 7.11 Å². The molecule has 106 valence electrons. The molecule has 0 aromatic carbocycles. The average molecular weight is 278 g/mol. The topological polar surface area (TPSA) is 71.5 Å². The first kappa shape index (κ1) is 15.4. The molecule has 0 saturated heterocycles. The third-order valence-electron chi connectivity index (χ3n) is 2.19. The third kappa shape index (κ3) is 4.49. The fourth-order valence-corrected chi connectivity index (χ4v) is 1.36. The predicted molar refractivity (Wildman–Crippen MR) is 59.5 cm³/mol. The molecule has 0 radical (unpaired) electrons. The zero-order valence-corrected chi connectivity index (χ0v) is 10.1. The molecule has 0 bridgehead atoms. The number of amides is 1. The van der Waals surface area contributed by atoms with E-state index in [-0.39, 0.29) is 13.2 Å². The molecule has 1 unspecified atom stereocenters. The lowest BCUT2D eigenvalue weighted by Crippen LogP contribution is -2.35. The van der Waals surface area contributed by atoms with Crippen LogP contribution >= 0.6 is 0 Å². The molecule has 8 heteroatoms. The monoisotopic (exact) mass is 278 g/mol. The van der Waals surface area contributed by atoms with E-state index in [0.29, 0.717) is 0 Å². The van der Waals surface area contributed by atoms with Crippen molar-refractivity contribution < 1.29 is 27.8 Å². The maximum Gasteiger partial charge on any atom is 0.418 e. The number of aromatic nitrogens is 1. The van der Waals surface area contributed by atoms with Crippen LogP contribution in [0.25, 0.3) is 0 Å². The van der Waals surface area contributed by atoms with Crippen molar-refractivity contribution in [3.05, 3.63) is 29.6 Å². The number of hydrogen-bond donors (Lipinski definition) is 2. The van der Waals surface area contributed by atoms with E-state index in [0.717, 1.165) is 18.3 Å². The first-order valence-corrected chi connectivity index (χ1v) is 5.33. The van der Waals surface area contributed by atoms with Crippen molar-refractivity contribution in [3.8, 4) is 0 Å². The first-order chi connectivity index (χ1) is 8.86. The predicted octanol–water partition coefficient (Wildman–Crippen LogP) is 0.838. The van der Waals surface area contributed by atoms with Crippen LogP contribution in [0.3, 0.4) is 0 Å². The number of nitrogens with zero attached hydrogens (tertiary/aromatic N) is 1. The number of halogens is 3. The van der Waals surface area contributed by atoms with Crippen molar-refractivity contribution >= 4 is 5.91 Å². The Labute approximate surface area is 107 Å². The molecule has 2 N–H and O–H groups in total. The van der Waals surface area contributed by atoms with Crippen molar-refractivity contribution in [2.45, 2.75) is 12.3 Å². The summed E-state index contributed by atoms with van der Waals surface area (Å²) in [5, 5.41) is 11.5. The largest absolute Gasteiger partial charge is 0.418 e. The van der Waals surface area contributed by atoms with Gasteiger partial charge in [-0.25, -0.2) is 0 Å². The van der Waals surface area contributed by atoms with Crippen molar-refractivity contribution in [1.29, 1.82) is 0 Å². The van der Waals surface area contributed by atoms with Gasteiger partial charge in [0.25, 0.3) is 5.91 Å². The second-order valence-electron chi connectivity index (χ2n) is 3.72. The van der Waals surface area contributed by atoms with Crippen LogP contribution < -0.4 is 5.32 Å². The van der Waals surface area contributed by atoms with Crippen molar-refractivity contribution in [1.82, 2.24) is 10.3 Å². The van der Waals surface area contributed by atoms with E-state index in [4.69, 9.17) is 0 Å². The molecule has 1 aromatic heterocycles. The minimum Gasteiger partial charge on any atom is -0.389 e. The molecule has 5 nitrogen and oxygen atoms in total. The van der Waals surface area contributed by atoms with Gasteiger partial charge in [0.15, 0.2) is 0 Å². The molecule has 1 heterocycles. The van der Waals surface area contributed by atoms with Crippen molar-refractivity contribution in [2.24, 2.45) is 0 Å². The summed E-state index contributed by atoms with van der Waals surface area (Å²) in [5.74, 6) is -0.997. The lowest BCUT2D eigenvalue weighted by atomic mass is 10.1. The maximum absolute atomic E-state index is 12.6. The number of rotatable bonds is 5. The minimum absolute atomic E-state index is 0.0331. The van der Waals surface area contributed by atoms with Gasteiger partial charge in [-0.1, -0.05) is 0 Å². The number of pyridine rings is 1. The highest BCUT2D eigenvalue weighted by atomic mass is 19.4. The van der Waals surface area contributed by atoms with E-state index in [1.54, 1.807) is 0 Å². The van der Waals surface area contributed by atoms with Crippen LogP contribution in [0.1, 0.15) is 16.1 Å². The van der Waals surface area contributed by atoms with Gasteiger partial charge in [0.1, 0.15) is 5.69 Å². The standard InChI is InChI=1S/C11H13F3N2O3/c1-19-6-7(17)5-16-10(18)9-8(11(12,13)14)3-2-4-15-9/h2-4,7,17H,5-6H2,1H3,(H,16,18). The summed E-state index contributed by atoms with van der Waals surface area (Å²) in [6.07, 6.45) is -4.56. The van der Waals surface area contributed by atoms with Gasteiger partial charge < -0.3 is 15.2 Å². The van der Waals surface area contributed by atoms with Gasteiger partial charge in [0.2, 0.25) is 0 Å². The van der Waals surface area contributed by atoms with Gasteiger partial charge in [-0.15, -0.1) is 0 Å². The van der Waals surface area contributed by atoms with Gasteiger partial charge in [0.05, 0.1) is 18.3 Å². The van der Waals surface area contributed by atoms with Crippen LogP contribution in [-0.4, -0.2) is 42.4 Å².